The predicted molar refractivity (Wildman–Crippen MR) is 108 cm³/mol. The van der Waals surface area contributed by atoms with Gasteiger partial charge in [-0.15, -0.1) is 0 Å². The number of amides is 2. The number of carbonyl (C=O) groups excluding carboxylic acids is 2. The van der Waals surface area contributed by atoms with Crippen molar-refractivity contribution in [2.24, 2.45) is 7.05 Å². The first-order chi connectivity index (χ1) is 13.4. The van der Waals surface area contributed by atoms with Gasteiger partial charge in [0.05, 0.1) is 14.2 Å². The van der Waals surface area contributed by atoms with E-state index in [-0.39, 0.29) is 11.8 Å². The lowest BCUT2D eigenvalue weighted by Gasteiger charge is -2.15. The smallest absolute Gasteiger partial charge is 0.268 e. The molecule has 146 valence electrons. The third-order valence-electron chi connectivity index (χ3n) is 4.56. The molecule has 3 rings (SSSR count). The molecule has 1 atom stereocenters. The molecule has 0 saturated carbocycles. The van der Waals surface area contributed by atoms with Crippen LogP contribution >= 0.6 is 0 Å². The van der Waals surface area contributed by atoms with Gasteiger partial charge in [-0.25, -0.2) is 0 Å². The van der Waals surface area contributed by atoms with Crippen LogP contribution in [-0.4, -0.2) is 36.6 Å². The number of anilines is 1. The number of hydrogen-bond donors (Lipinski definition) is 2. The average molecular weight is 381 g/mol. The minimum atomic E-state index is -0.716. The predicted octanol–water partition coefficient (Wildman–Crippen LogP) is 2.95. The SMILES string of the molecule is COc1cccc(NC(=O)C(C)NC(=O)c2cc3cc(OC)ccc3n2C)c1. The summed E-state index contributed by atoms with van der Waals surface area (Å²) in [5.41, 5.74) is 1.96. The number of methoxy groups -OCH3 is 2. The van der Waals surface area contributed by atoms with Crippen LogP contribution in [0, 0.1) is 0 Å². The highest BCUT2D eigenvalue weighted by molar-refractivity contribution is 6.03. The first-order valence-electron chi connectivity index (χ1n) is 8.82. The van der Waals surface area contributed by atoms with E-state index in [1.54, 1.807) is 56.0 Å². The number of rotatable bonds is 6. The van der Waals surface area contributed by atoms with Gasteiger partial charge in [0.15, 0.2) is 0 Å². The number of hydrogen-bond acceptors (Lipinski definition) is 4. The van der Waals surface area contributed by atoms with E-state index >= 15 is 0 Å². The number of nitrogens with one attached hydrogen (secondary N) is 2. The van der Waals surface area contributed by atoms with Crippen LogP contribution in [-0.2, 0) is 11.8 Å². The second-order valence-corrected chi connectivity index (χ2v) is 6.43. The zero-order valence-corrected chi connectivity index (χ0v) is 16.3. The fourth-order valence-electron chi connectivity index (χ4n) is 2.96. The molecule has 7 nitrogen and oxygen atoms in total. The van der Waals surface area contributed by atoms with E-state index < -0.39 is 6.04 Å². The van der Waals surface area contributed by atoms with Gasteiger partial charge in [-0.05, 0) is 43.3 Å². The van der Waals surface area contributed by atoms with Crippen molar-refractivity contribution in [3.05, 3.63) is 54.2 Å². The lowest BCUT2D eigenvalue weighted by Crippen LogP contribution is -2.42. The second-order valence-electron chi connectivity index (χ2n) is 6.43. The van der Waals surface area contributed by atoms with Crippen molar-refractivity contribution in [3.63, 3.8) is 0 Å². The summed E-state index contributed by atoms with van der Waals surface area (Å²) in [5.74, 6) is 0.713. The number of nitrogens with zero attached hydrogens (tertiary/aromatic N) is 1. The van der Waals surface area contributed by atoms with Crippen molar-refractivity contribution in [1.29, 1.82) is 0 Å². The van der Waals surface area contributed by atoms with Gasteiger partial charge in [-0.2, -0.15) is 0 Å². The molecule has 0 aliphatic heterocycles. The number of carbonyl (C=O) groups is 2. The summed E-state index contributed by atoms with van der Waals surface area (Å²) >= 11 is 0. The van der Waals surface area contributed by atoms with Crippen LogP contribution in [0.25, 0.3) is 10.9 Å². The minimum absolute atomic E-state index is 0.318. The standard InChI is InChI=1S/C21H23N3O4/c1-13(20(25)23-15-6-5-7-16(12-15)27-3)22-21(26)19-11-14-10-17(28-4)8-9-18(14)24(19)2/h5-13H,1-4H3,(H,22,26)(H,23,25). The summed E-state index contributed by atoms with van der Waals surface area (Å²) in [4.78, 5) is 25.1. The fraction of sp³-hybridized carbons (Fsp3) is 0.238. The van der Waals surface area contributed by atoms with Gasteiger partial charge in [-0.1, -0.05) is 6.07 Å². The monoisotopic (exact) mass is 381 g/mol. The zero-order chi connectivity index (χ0) is 20.3. The van der Waals surface area contributed by atoms with Crippen LogP contribution in [0.2, 0.25) is 0 Å². The Labute approximate surface area is 163 Å². The molecule has 0 fully saturated rings. The normalized spacial score (nSPS) is 11.7. The van der Waals surface area contributed by atoms with Crippen LogP contribution in [0.4, 0.5) is 5.69 Å². The number of aromatic nitrogens is 1. The Hall–Kier alpha value is -3.48. The highest BCUT2D eigenvalue weighted by Gasteiger charge is 2.20. The van der Waals surface area contributed by atoms with Crippen molar-refractivity contribution in [1.82, 2.24) is 9.88 Å². The molecular weight excluding hydrogens is 358 g/mol. The van der Waals surface area contributed by atoms with Gasteiger partial charge in [0.2, 0.25) is 5.91 Å². The van der Waals surface area contributed by atoms with Crippen LogP contribution in [0.5, 0.6) is 11.5 Å². The maximum Gasteiger partial charge on any atom is 0.268 e. The number of benzene rings is 2. The van der Waals surface area contributed by atoms with Gasteiger partial charge in [0.25, 0.3) is 5.91 Å². The van der Waals surface area contributed by atoms with E-state index in [9.17, 15) is 9.59 Å². The molecule has 0 aliphatic rings. The van der Waals surface area contributed by atoms with Gasteiger partial charge >= 0.3 is 0 Å². The molecule has 1 aromatic heterocycles. The van der Waals surface area contributed by atoms with Gasteiger partial charge in [0.1, 0.15) is 23.2 Å². The van der Waals surface area contributed by atoms with E-state index in [0.29, 0.717) is 17.1 Å². The molecule has 1 heterocycles. The summed E-state index contributed by atoms with van der Waals surface area (Å²) in [7, 11) is 4.97. The van der Waals surface area contributed by atoms with Crippen molar-refractivity contribution in [2.75, 3.05) is 19.5 Å². The first-order valence-corrected chi connectivity index (χ1v) is 8.82. The average Bonchev–Trinajstić information content (AvgIpc) is 3.04. The maximum absolute atomic E-state index is 12.7. The zero-order valence-electron chi connectivity index (χ0n) is 16.3. The fourth-order valence-corrected chi connectivity index (χ4v) is 2.96. The van der Waals surface area contributed by atoms with Crippen LogP contribution in [0.15, 0.2) is 48.5 Å². The van der Waals surface area contributed by atoms with Gasteiger partial charge < -0.3 is 24.7 Å². The van der Waals surface area contributed by atoms with Gasteiger partial charge in [0, 0.05) is 29.7 Å². The van der Waals surface area contributed by atoms with Crippen LogP contribution in [0.1, 0.15) is 17.4 Å². The Balaban J connectivity index is 1.72. The molecule has 0 aliphatic carbocycles. The quantitative estimate of drug-likeness (QED) is 0.688. The molecule has 2 aromatic carbocycles. The van der Waals surface area contributed by atoms with E-state index in [2.05, 4.69) is 10.6 Å². The Morgan fingerprint density at radius 2 is 1.71 bits per heavy atom. The van der Waals surface area contributed by atoms with Crippen molar-refractivity contribution in [3.8, 4) is 11.5 Å². The summed E-state index contributed by atoms with van der Waals surface area (Å²) in [6.45, 7) is 1.64. The largest absolute Gasteiger partial charge is 0.497 e. The molecule has 7 heteroatoms. The Morgan fingerprint density at radius 1 is 1.00 bits per heavy atom. The molecule has 2 amide bonds. The van der Waals surface area contributed by atoms with Crippen molar-refractivity contribution in [2.45, 2.75) is 13.0 Å². The highest BCUT2D eigenvalue weighted by Crippen LogP contribution is 2.24. The van der Waals surface area contributed by atoms with Gasteiger partial charge in [-0.3, -0.25) is 9.59 Å². The molecule has 0 radical (unpaired) electrons. The third-order valence-corrected chi connectivity index (χ3v) is 4.56. The summed E-state index contributed by atoms with van der Waals surface area (Å²) in [6.07, 6.45) is 0. The Kier molecular flexibility index (Phi) is 5.54. The number of fused-ring (bicyclic) bond motifs is 1. The van der Waals surface area contributed by atoms with Crippen LogP contribution in [0.3, 0.4) is 0 Å². The lowest BCUT2D eigenvalue weighted by molar-refractivity contribution is -0.117. The lowest BCUT2D eigenvalue weighted by atomic mass is 10.2. The third kappa shape index (κ3) is 3.93. The number of ether oxygens (including phenoxy) is 2. The van der Waals surface area contributed by atoms with Crippen LogP contribution < -0.4 is 20.1 Å². The molecule has 0 saturated heterocycles. The Bertz CT molecular complexity index is 1030. The molecular formula is C21H23N3O4. The van der Waals surface area contributed by atoms with Crippen molar-refractivity contribution < 1.29 is 19.1 Å². The summed E-state index contributed by atoms with van der Waals surface area (Å²) in [5, 5.41) is 6.40. The van der Waals surface area contributed by atoms with Crippen molar-refractivity contribution >= 4 is 28.4 Å². The summed E-state index contributed by atoms with van der Waals surface area (Å²) < 4.78 is 12.2. The molecule has 1 unspecified atom stereocenters. The molecule has 28 heavy (non-hydrogen) atoms. The summed E-state index contributed by atoms with van der Waals surface area (Å²) in [6, 6.07) is 13.7. The molecule has 0 bridgehead atoms. The molecule has 3 aromatic rings. The molecule has 2 N–H and O–H groups in total. The minimum Gasteiger partial charge on any atom is -0.497 e. The second kappa shape index (κ2) is 8.04. The topological polar surface area (TPSA) is 81.6 Å². The van der Waals surface area contributed by atoms with E-state index in [4.69, 9.17) is 9.47 Å². The molecule has 0 spiro atoms. The highest BCUT2D eigenvalue weighted by atomic mass is 16.5. The Morgan fingerprint density at radius 3 is 2.43 bits per heavy atom. The van der Waals surface area contributed by atoms with E-state index in [1.807, 2.05) is 25.2 Å². The maximum atomic E-state index is 12.7. The van der Waals surface area contributed by atoms with E-state index in [0.717, 1.165) is 16.7 Å². The first kappa shape index (κ1) is 19.3. The number of aryl methyl sites for hydroxylation is 1. The van der Waals surface area contributed by atoms with E-state index in [1.165, 1.54) is 0 Å².